The van der Waals surface area contributed by atoms with E-state index in [1.807, 2.05) is 0 Å². The number of nitrogens with one attached hydrogen (secondary N) is 2. The topological polar surface area (TPSA) is 44.4 Å². The van der Waals surface area contributed by atoms with Crippen molar-refractivity contribution in [3.8, 4) is 0 Å². The maximum Gasteiger partial charge on any atom is 0.254 e. The van der Waals surface area contributed by atoms with E-state index in [1.165, 1.54) is 0 Å². The van der Waals surface area contributed by atoms with E-state index in [4.69, 9.17) is 0 Å². The minimum atomic E-state index is -0.829. The van der Waals surface area contributed by atoms with Crippen LogP contribution in [0.1, 0.15) is 16.8 Å². The van der Waals surface area contributed by atoms with Gasteiger partial charge >= 0.3 is 0 Å². The van der Waals surface area contributed by atoms with Crippen molar-refractivity contribution in [3.05, 3.63) is 35.4 Å². The van der Waals surface area contributed by atoms with Crippen molar-refractivity contribution in [1.29, 1.82) is 0 Å². The number of piperazine rings is 1. The van der Waals surface area contributed by atoms with Gasteiger partial charge in [-0.3, -0.25) is 4.79 Å². The Morgan fingerprint density at radius 3 is 2.75 bits per heavy atom. The largest absolute Gasteiger partial charge is 0.352 e. The van der Waals surface area contributed by atoms with Gasteiger partial charge in [-0.05, 0) is 25.1 Å². The summed E-state index contributed by atoms with van der Waals surface area (Å²) in [6.45, 7) is 5.41. The lowest BCUT2D eigenvalue weighted by Gasteiger charge is -2.27. The summed E-state index contributed by atoms with van der Waals surface area (Å²) in [7, 11) is 0. The number of hydrogen-bond acceptors (Lipinski definition) is 3. The van der Waals surface area contributed by atoms with Crippen molar-refractivity contribution >= 4 is 5.91 Å². The molecule has 2 rings (SSSR count). The van der Waals surface area contributed by atoms with E-state index in [1.54, 1.807) is 0 Å². The molecule has 6 heteroatoms. The van der Waals surface area contributed by atoms with Crippen LogP contribution in [0.5, 0.6) is 0 Å². The number of carbonyl (C=O) groups excluding carboxylic acids is 1. The molecule has 1 fully saturated rings. The van der Waals surface area contributed by atoms with Gasteiger partial charge in [0.05, 0.1) is 5.56 Å². The predicted octanol–water partition coefficient (Wildman–Crippen LogP) is 0.990. The highest BCUT2D eigenvalue weighted by atomic mass is 19.1. The lowest BCUT2D eigenvalue weighted by molar-refractivity contribution is 0.0947. The molecule has 0 unspecified atom stereocenters. The van der Waals surface area contributed by atoms with Gasteiger partial charge in [-0.25, -0.2) is 8.78 Å². The highest BCUT2D eigenvalue weighted by Gasteiger charge is 2.12. The zero-order valence-electron chi connectivity index (χ0n) is 11.3. The number of carbonyl (C=O) groups is 1. The van der Waals surface area contributed by atoms with Crippen LogP contribution < -0.4 is 10.6 Å². The fourth-order valence-electron chi connectivity index (χ4n) is 2.21. The molecule has 20 heavy (non-hydrogen) atoms. The van der Waals surface area contributed by atoms with Crippen molar-refractivity contribution in [3.63, 3.8) is 0 Å². The Morgan fingerprint density at radius 2 is 2.05 bits per heavy atom. The van der Waals surface area contributed by atoms with Crippen molar-refractivity contribution in [1.82, 2.24) is 15.5 Å². The maximum absolute atomic E-state index is 13.4. The lowest BCUT2D eigenvalue weighted by Crippen LogP contribution is -2.44. The smallest absolute Gasteiger partial charge is 0.254 e. The summed E-state index contributed by atoms with van der Waals surface area (Å²) >= 11 is 0. The van der Waals surface area contributed by atoms with Gasteiger partial charge in [0.15, 0.2) is 0 Å². The molecule has 4 nitrogen and oxygen atoms in total. The third-order valence-electron chi connectivity index (χ3n) is 3.32. The third kappa shape index (κ3) is 4.25. The van der Waals surface area contributed by atoms with Crippen LogP contribution in [0.15, 0.2) is 18.2 Å². The van der Waals surface area contributed by atoms with Crippen molar-refractivity contribution in [2.24, 2.45) is 0 Å². The van der Waals surface area contributed by atoms with Crippen LogP contribution in [-0.4, -0.2) is 50.1 Å². The van der Waals surface area contributed by atoms with E-state index in [0.29, 0.717) is 6.54 Å². The van der Waals surface area contributed by atoms with E-state index in [2.05, 4.69) is 15.5 Å². The van der Waals surface area contributed by atoms with Gasteiger partial charge in [0.25, 0.3) is 5.91 Å². The number of halogens is 2. The second-order valence-corrected chi connectivity index (χ2v) is 4.83. The molecule has 0 aliphatic carbocycles. The highest BCUT2D eigenvalue weighted by Crippen LogP contribution is 2.09. The number of hydrogen-bond donors (Lipinski definition) is 2. The summed E-state index contributed by atoms with van der Waals surface area (Å²) < 4.78 is 26.1. The van der Waals surface area contributed by atoms with Gasteiger partial charge in [0.2, 0.25) is 0 Å². The summed E-state index contributed by atoms with van der Waals surface area (Å²) in [5.41, 5.74) is -0.117. The Morgan fingerprint density at radius 1 is 1.30 bits per heavy atom. The fourth-order valence-corrected chi connectivity index (χ4v) is 2.21. The molecule has 1 aromatic carbocycles. The summed E-state index contributed by atoms with van der Waals surface area (Å²) in [6.07, 6.45) is 0.814. The van der Waals surface area contributed by atoms with Crippen molar-refractivity contribution < 1.29 is 13.6 Å². The standard InChI is InChI=1S/C14H19F2N3O/c15-11-2-3-12(13(16)10-11)14(20)18-4-1-7-19-8-5-17-6-9-19/h2-3,10,17H,1,4-9H2,(H,18,20). The van der Waals surface area contributed by atoms with Crippen LogP contribution >= 0.6 is 0 Å². The van der Waals surface area contributed by atoms with Crippen molar-refractivity contribution in [2.45, 2.75) is 6.42 Å². The van der Waals surface area contributed by atoms with Crippen LogP contribution in [0.2, 0.25) is 0 Å². The Bertz CT molecular complexity index is 462. The molecule has 0 saturated carbocycles. The second-order valence-electron chi connectivity index (χ2n) is 4.83. The molecule has 110 valence electrons. The van der Waals surface area contributed by atoms with E-state index in [9.17, 15) is 13.6 Å². The summed E-state index contributed by atoms with van der Waals surface area (Å²) in [6, 6.07) is 2.96. The molecule has 0 radical (unpaired) electrons. The summed E-state index contributed by atoms with van der Waals surface area (Å²) in [4.78, 5) is 14.1. The predicted molar refractivity (Wildman–Crippen MR) is 72.6 cm³/mol. The van der Waals surface area contributed by atoms with Gasteiger partial charge < -0.3 is 15.5 Å². The first-order valence-electron chi connectivity index (χ1n) is 6.83. The van der Waals surface area contributed by atoms with Gasteiger partial charge in [-0.2, -0.15) is 0 Å². The first-order valence-corrected chi connectivity index (χ1v) is 6.83. The second kappa shape index (κ2) is 7.31. The Hall–Kier alpha value is -1.53. The maximum atomic E-state index is 13.4. The molecule has 1 saturated heterocycles. The number of amides is 1. The summed E-state index contributed by atoms with van der Waals surface area (Å²) in [5.74, 6) is -2.01. The molecule has 0 spiro atoms. The Labute approximate surface area is 117 Å². The molecular formula is C14H19F2N3O. The van der Waals surface area contributed by atoms with Gasteiger partial charge in [-0.15, -0.1) is 0 Å². The van der Waals surface area contributed by atoms with Gasteiger partial charge in [0, 0.05) is 38.8 Å². The van der Waals surface area contributed by atoms with Gasteiger partial charge in [0.1, 0.15) is 11.6 Å². The molecule has 1 aliphatic rings. The normalized spacial score (nSPS) is 16.1. The quantitative estimate of drug-likeness (QED) is 0.792. The van der Waals surface area contributed by atoms with Gasteiger partial charge in [-0.1, -0.05) is 0 Å². The average Bonchev–Trinajstić information content (AvgIpc) is 2.44. The van der Waals surface area contributed by atoms with E-state index < -0.39 is 17.5 Å². The van der Waals surface area contributed by atoms with Crippen LogP contribution in [0.3, 0.4) is 0 Å². The van der Waals surface area contributed by atoms with E-state index in [0.717, 1.165) is 57.3 Å². The zero-order chi connectivity index (χ0) is 14.4. The highest BCUT2D eigenvalue weighted by molar-refractivity contribution is 5.94. The molecular weight excluding hydrogens is 264 g/mol. The van der Waals surface area contributed by atoms with E-state index in [-0.39, 0.29) is 5.56 Å². The molecule has 1 aliphatic heterocycles. The minimum absolute atomic E-state index is 0.117. The molecule has 1 aromatic rings. The molecule has 2 N–H and O–H groups in total. The monoisotopic (exact) mass is 283 g/mol. The molecule has 0 bridgehead atoms. The zero-order valence-corrected chi connectivity index (χ0v) is 11.3. The first kappa shape index (κ1) is 14.9. The summed E-state index contributed by atoms with van der Waals surface area (Å²) in [5, 5.41) is 5.93. The number of nitrogens with zero attached hydrogens (tertiary/aromatic N) is 1. The van der Waals surface area contributed by atoms with Crippen LogP contribution in [0, 0.1) is 11.6 Å². The number of rotatable bonds is 5. The van der Waals surface area contributed by atoms with Crippen LogP contribution in [0.25, 0.3) is 0 Å². The van der Waals surface area contributed by atoms with Crippen LogP contribution in [0.4, 0.5) is 8.78 Å². The molecule has 1 amide bonds. The average molecular weight is 283 g/mol. The van der Waals surface area contributed by atoms with Crippen molar-refractivity contribution in [2.75, 3.05) is 39.3 Å². The fraction of sp³-hybridized carbons (Fsp3) is 0.500. The lowest BCUT2D eigenvalue weighted by atomic mass is 10.2. The van der Waals surface area contributed by atoms with E-state index >= 15 is 0 Å². The minimum Gasteiger partial charge on any atom is -0.352 e. The SMILES string of the molecule is O=C(NCCCN1CCNCC1)c1ccc(F)cc1F. The van der Waals surface area contributed by atoms with Crippen LogP contribution in [-0.2, 0) is 0 Å². The Kier molecular flexibility index (Phi) is 5.43. The third-order valence-corrected chi connectivity index (χ3v) is 3.32. The molecule has 1 heterocycles. The Balaban J connectivity index is 1.72. The molecule has 0 atom stereocenters. The molecule has 0 aromatic heterocycles. The first-order chi connectivity index (χ1) is 9.66. The number of benzene rings is 1.